The average Bonchev–Trinajstić information content (AvgIpc) is 2.83. The Kier molecular flexibility index (Phi) is 5.63. The molecule has 3 aliphatic heterocycles. The third-order valence-corrected chi connectivity index (χ3v) is 9.37. The molecule has 0 atom stereocenters. The van der Waals surface area contributed by atoms with E-state index in [0.717, 1.165) is 67.4 Å². The van der Waals surface area contributed by atoms with E-state index in [9.17, 15) is 30.3 Å². The van der Waals surface area contributed by atoms with Gasteiger partial charge in [0, 0.05) is 40.3 Å². The third kappa shape index (κ3) is 4.02. The van der Waals surface area contributed by atoms with Crippen molar-refractivity contribution >= 4 is 41.7 Å². The molecule has 6 rings (SSSR count). The summed E-state index contributed by atoms with van der Waals surface area (Å²) in [6.07, 6.45) is 3.34. The molecule has 0 bridgehead atoms. The highest BCUT2D eigenvalue weighted by Crippen LogP contribution is 2.42. The topological polar surface area (TPSA) is 124 Å². The molecule has 0 aromatic heterocycles. The van der Waals surface area contributed by atoms with Crippen LogP contribution in [-0.2, 0) is 33.1 Å². The van der Waals surface area contributed by atoms with E-state index in [0.29, 0.717) is 17.0 Å². The fourth-order valence-corrected chi connectivity index (χ4v) is 7.18. The van der Waals surface area contributed by atoms with Crippen molar-refractivity contribution in [3.63, 3.8) is 0 Å². The molecule has 0 saturated carbocycles. The number of halogens is 2. The summed E-state index contributed by atoms with van der Waals surface area (Å²) < 4.78 is 93.6. The molecule has 3 aromatic carbocycles. The Hall–Kier alpha value is -2.64. The lowest BCUT2D eigenvalue weighted by Crippen LogP contribution is -2.45. The van der Waals surface area contributed by atoms with E-state index in [1.165, 1.54) is 12.1 Å². The molecule has 0 aliphatic carbocycles. The lowest BCUT2D eigenvalue weighted by atomic mass is 9.87. The number of aryl methyl sites for hydroxylation is 1. The minimum absolute atomic E-state index is 0.106. The summed E-state index contributed by atoms with van der Waals surface area (Å²) >= 11 is 3.17. The van der Waals surface area contributed by atoms with Crippen LogP contribution in [0.4, 0.5) is 4.39 Å². The first-order valence-corrected chi connectivity index (χ1v) is 15.1. The number of ether oxygens (including phenoxy) is 1. The monoisotopic (exact) mass is 607 g/mol. The lowest BCUT2D eigenvalue weighted by molar-refractivity contribution is 0.435. The van der Waals surface area contributed by atoms with Gasteiger partial charge in [-0.25, -0.2) is 17.4 Å². The second-order valence-electron chi connectivity index (χ2n) is 9.26. The number of benzene rings is 3. The van der Waals surface area contributed by atoms with E-state index in [1.807, 2.05) is 6.07 Å². The van der Waals surface area contributed by atoms with Crippen LogP contribution in [0.15, 0.2) is 50.7 Å². The number of nitrogens with zero attached hydrogens (tertiary/aromatic N) is 1. The van der Waals surface area contributed by atoms with Crippen molar-refractivity contribution in [2.24, 2.45) is 0 Å². The summed E-state index contributed by atoms with van der Waals surface area (Å²) in [6, 6.07) is 7.32. The van der Waals surface area contributed by atoms with Gasteiger partial charge in [-0.2, -0.15) is 8.42 Å². The van der Waals surface area contributed by atoms with Gasteiger partial charge in [0.1, 0.15) is 40.5 Å². The summed E-state index contributed by atoms with van der Waals surface area (Å²) in [7, 11) is -10.0. The summed E-state index contributed by atoms with van der Waals surface area (Å²) in [6.45, 7) is 1.83. The number of hydrogen-bond donors (Lipinski definition) is 1. The summed E-state index contributed by atoms with van der Waals surface area (Å²) in [4.78, 5) is -1.58. The maximum Gasteiger partial charge on any atom is 0.294 e. The standard InChI is InChI=1S/C25H19BrFNO7S2/c26-19-12-21-17(11-20(19)27)23(15-6-5-14(36(29,30)31)10-22(15)37(32,33)34)18-9-13-3-1-7-28-8-2-4-16(24(13)28)25(18)35-21/h5-6,9-12H,1-4,7-8H2,(H-,29,30,31,32,33,34). The van der Waals surface area contributed by atoms with E-state index < -0.39 is 35.8 Å². The fourth-order valence-electron chi connectivity index (χ4n) is 5.56. The maximum absolute atomic E-state index is 14.8. The van der Waals surface area contributed by atoms with Crippen LogP contribution in [0.1, 0.15) is 35.1 Å². The van der Waals surface area contributed by atoms with Gasteiger partial charge < -0.3 is 9.29 Å². The van der Waals surface area contributed by atoms with Gasteiger partial charge >= 0.3 is 0 Å². The molecule has 0 radical (unpaired) electrons. The normalized spacial score (nSPS) is 16.5. The van der Waals surface area contributed by atoms with Crippen LogP contribution in [0, 0.1) is 5.82 Å². The zero-order valence-electron chi connectivity index (χ0n) is 19.1. The molecule has 37 heavy (non-hydrogen) atoms. The minimum atomic E-state index is -5.22. The van der Waals surface area contributed by atoms with E-state index in [1.54, 1.807) is 0 Å². The van der Waals surface area contributed by atoms with Gasteiger partial charge in [0.15, 0.2) is 0 Å². The first-order chi connectivity index (χ1) is 17.4. The van der Waals surface area contributed by atoms with Crippen molar-refractivity contribution in [2.45, 2.75) is 35.5 Å². The molecule has 0 unspecified atom stereocenters. The molecule has 8 nitrogen and oxygen atoms in total. The molecule has 0 fully saturated rings. The van der Waals surface area contributed by atoms with Crippen LogP contribution in [0.25, 0.3) is 5.57 Å². The Labute approximate surface area is 220 Å². The smallest absolute Gasteiger partial charge is 0.294 e. The van der Waals surface area contributed by atoms with Gasteiger partial charge in [0.05, 0.1) is 19.8 Å². The Balaban J connectivity index is 1.82. The Morgan fingerprint density at radius 2 is 1.73 bits per heavy atom. The third-order valence-electron chi connectivity index (χ3n) is 7.04. The molecule has 0 amide bonds. The molecule has 12 heteroatoms. The van der Waals surface area contributed by atoms with Crippen LogP contribution in [0.3, 0.4) is 0 Å². The molecule has 3 aromatic rings. The molecule has 3 aliphatic rings. The first-order valence-electron chi connectivity index (χ1n) is 11.5. The van der Waals surface area contributed by atoms with Gasteiger partial charge in [-0.15, -0.1) is 0 Å². The largest absolute Gasteiger partial charge is 0.744 e. The van der Waals surface area contributed by atoms with E-state index in [2.05, 4.69) is 20.5 Å². The molecule has 192 valence electrons. The first kappa shape index (κ1) is 24.7. The lowest BCUT2D eigenvalue weighted by Gasteiger charge is -2.27. The van der Waals surface area contributed by atoms with E-state index >= 15 is 0 Å². The van der Waals surface area contributed by atoms with Gasteiger partial charge in [0.2, 0.25) is 5.36 Å². The van der Waals surface area contributed by atoms with Crippen LogP contribution < -0.4 is 19.9 Å². The molecule has 3 heterocycles. The zero-order valence-corrected chi connectivity index (χ0v) is 22.3. The Bertz CT molecular complexity index is 1880. The zero-order chi connectivity index (χ0) is 26.3. The predicted molar refractivity (Wildman–Crippen MR) is 133 cm³/mol. The molecular weight excluding hydrogens is 589 g/mol. The average molecular weight is 608 g/mol. The second-order valence-corrected chi connectivity index (χ2v) is 12.9. The molecule has 0 saturated heterocycles. The van der Waals surface area contributed by atoms with Crippen LogP contribution >= 0.6 is 15.9 Å². The number of fused-ring (bicyclic) bond motifs is 3. The van der Waals surface area contributed by atoms with Crippen molar-refractivity contribution in [1.82, 2.24) is 4.58 Å². The Morgan fingerprint density at radius 1 is 1.00 bits per heavy atom. The molecule has 1 N–H and O–H groups in total. The molecular formula is C25H19BrFNO7S2. The van der Waals surface area contributed by atoms with Crippen molar-refractivity contribution < 1.29 is 35.1 Å². The summed E-state index contributed by atoms with van der Waals surface area (Å²) in [5.41, 5.74) is 2.35. The highest BCUT2D eigenvalue weighted by Gasteiger charge is 2.32. The Morgan fingerprint density at radius 3 is 2.43 bits per heavy atom. The van der Waals surface area contributed by atoms with E-state index in [4.69, 9.17) is 4.74 Å². The van der Waals surface area contributed by atoms with Gasteiger partial charge in [-0.05, 0) is 59.1 Å². The summed E-state index contributed by atoms with van der Waals surface area (Å²) in [5.74, 6) is 0.127. The summed E-state index contributed by atoms with van der Waals surface area (Å²) in [5, 5.41) is 1.59. The van der Waals surface area contributed by atoms with E-state index in [-0.39, 0.29) is 26.9 Å². The molecule has 0 spiro atoms. The number of rotatable bonds is 3. The van der Waals surface area contributed by atoms with Crippen molar-refractivity contribution in [3.8, 4) is 11.5 Å². The maximum atomic E-state index is 14.8. The fraction of sp³-hybridized carbons (Fsp3) is 0.240. The van der Waals surface area contributed by atoms with Crippen molar-refractivity contribution in [2.75, 3.05) is 13.1 Å². The van der Waals surface area contributed by atoms with Gasteiger partial charge in [0.25, 0.3) is 10.1 Å². The second kappa shape index (κ2) is 8.43. The van der Waals surface area contributed by atoms with Crippen molar-refractivity contribution in [3.05, 3.63) is 79.5 Å². The number of hydrogen-bond acceptors (Lipinski definition) is 6. The highest BCUT2D eigenvalue weighted by molar-refractivity contribution is 9.10. The predicted octanol–water partition coefficient (Wildman–Crippen LogP) is 2.48. The van der Waals surface area contributed by atoms with Crippen molar-refractivity contribution in [1.29, 1.82) is 0 Å². The minimum Gasteiger partial charge on any atom is -0.744 e. The van der Waals surface area contributed by atoms with Gasteiger partial charge in [-0.1, -0.05) is 6.07 Å². The van der Waals surface area contributed by atoms with Crippen LogP contribution in [0.5, 0.6) is 11.5 Å². The van der Waals surface area contributed by atoms with Gasteiger partial charge in [-0.3, -0.25) is 4.55 Å². The van der Waals surface area contributed by atoms with Crippen LogP contribution in [-0.4, -0.2) is 39.0 Å². The highest BCUT2D eigenvalue weighted by atomic mass is 79.9. The SMILES string of the molecule is O=S(=O)([O-])c1cc(S(=O)(=O)O)ccc1C1=c2cc3c4c(c2Oc2cc(Br)c(F)cc21)CCC[N+]=4CCC3. The quantitative estimate of drug-likeness (QED) is 0.280. The van der Waals surface area contributed by atoms with Crippen LogP contribution in [0.2, 0.25) is 0 Å².